The van der Waals surface area contributed by atoms with Crippen molar-refractivity contribution in [2.24, 2.45) is 5.92 Å². The normalized spacial score (nSPS) is 16.4. The van der Waals surface area contributed by atoms with Crippen molar-refractivity contribution < 1.29 is 0 Å². The Balaban J connectivity index is 1.96. The van der Waals surface area contributed by atoms with Crippen LogP contribution in [-0.2, 0) is 6.54 Å². The van der Waals surface area contributed by atoms with E-state index in [2.05, 4.69) is 43.4 Å². The summed E-state index contributed by atoms with van der Waals surface area (Å²) in [6.45, 7) is 6.65. The summed E-state index contributed by atoms with van der Waals surface area (Å²) in [6.07, 6.45) is 4.20. The molecular formula is C15H23N. The van der Waals surface area contributed by atoms with E-state index < -0.39 is 0 Å². The molecule has 0 aliphatic heterocycles. The molecule has 1 nitrogen and oxygen atoms in total. The maximum absolute atomic E-state index is 3.54. The summed E-state index contributed by atoms with van der Waals surface area (Å²) in [5.74, 6) is 1.58. The number of hydrogen-bond donors (Lipinski definition) is 1. The van der Waals surface area contributed by atoms with Gasteiger partial charge in [0.1, 0.15) is 0 Å². The molecule has 0 spiro atoms. The maximum atomic E-state index is 3.54. The molecule has 1 aromatic rings. The van der Waals surface area contributed by atoms with Crippen molar-refractivity contribution in [2.75, 3.05) is 6.54 Å². The van der Waals surface area contributed by atoms with E-state index in [9.17, 15) is 0 Å². The van der Waals surface area contributed by atoms with Crippen LogP contribution in [0, 0.1) is 5.92 Å². The first-order valence-electron chi connectivity index (χ1n) is 6.56. The highest BCUT2D eigenvalue weighted by molar-refractivity contribution is 5.31. The van der Waals surface area contributed by atoms with Crippen LogP contribution >= 0.6 is 0 Å². The molecule has 1 heteroatoms. The van der Waals surface area contributed by atoms with Gasteiger partial charge in [0.15, 0.2) is 0 Å². The highest BCUT2D eigenvalue weighted by Crippen LogP contribution is 2.37. The molecule has 16 heavy (non-hydrogen) atoms. The third-order valence-electron chi connectivity index (χ3n) is 3.47. The lowest BCUT2D eigenvalue weighted by Gasteiger charge is -2.28. The summed E-state index contributed by atoms with van der Waals surface area (Å²) in [5.41, 5.74) is 3.10. The molecule has 0 unspecified atom stereocenters. The average molecular weight is 217 g/mol. The fraction of sp³-hybridized carbons (Fsp3) is 0.600. The van der Waals surface area contributed by atoms with Gasteiger partial charge in [0.2, 0.25) is 0 Å². The monoisotopic (exact) mass is 217 g/mol. The third kappa shape index (κ3) is 2.85. The molecule has 88 valence electrons. The Morgan fingerprint density at radius 3 is 2.62 bits per heavy atom. The van der Waals surface area contributed by atoms with Gasteiger partial charge in [-0.3, -0.25) is 0 Å². The highest BCUT2D eigenvalue weighted by atomic mass is 14.8. The lowest BCUT2D eigenvalue weighted by Crippen LogP contribution is -2.21. The molecule has 1 fully saturated rings. The molecule has 2 rings (SSSR count). The Morgan fingerprint density at radius 1 is 1.25 bits per heavy atom. The molecule has 1 N–H and O–H groups in total. The number of benzene rings is 1. The van der Waals surface area contributed by atoms with Gasteiger partial charge in [-0.25, -0.2) is 0 Å². The molecule has 0 bridgehead atoms. The quantitative estimate of drug-likeness (QED) is 0.793. The van der Waals surface area contributed by atoms with Gasteiger partial charge in [-0.05, 0) is 42.3 Å². The molecule has 1 aliphatic rings. The van der Waals surface area contributed by atoms with E-state index >= 15 is 0 Å². The van der Waals surface area contributed by atoms with E-state index in [0.717, 1.165) is 24.9 Å². The van der Waals surface area contributed by atoms with Gasteiger partial charge in [0.25, 0.3) is 0 Å². The van der Waals surface area contributed by atoms with Crippen molar-refractivity contribution in [3.05, 3.63) is 35.4 Å². The Labute approximate surface area is 99.3 Å². The molecule has 1 aromatic carbocycles. The number of rotatable bonds is 5. The van der Waals surface area contributed by atoms with Gasteiger partial charge in [0, 0.05) is 6.54 Å². The topological polar surface area (TPSA) is 12.0 Å². The molecular weight excluding hydrogens is 194 g/mol. The van der Waals surface area contributed by atoms with Gasteiger partial charge >= 0.3 is 0 Å². The van der Waals surface area contributed by atoms with Crippen molar-refractivity contribution in [3.63, 3.8) is 0 Å². The first kappa shape index (κ1) is 11.7. The second-order valence-electron chi connectivity index (χ2n) is 5.35. The molecule has 1 saturated carbocycles. The van der Waals surface area contributed by atoms with E-state index in [1.807, 2.05) is 0 Å². The second-order valence-corrected chi connectivity index (χ2v) is 5.35. The first-order chi connectivity index (χ1) is 7.77. The fourth-order valence-electron chi connectivity index (χ4n) is 2.31. The Kier molecular flexibility index (Phi) is 4.00. The van der Waals surface area contributed by atoms with E-state index in [1.54, 1.807) is 5.56 Å². The van der Waals surface area contributed by atoms with E-state index in [0.29, 0.717) is 0 Å². The zero-order valence-electron chi connectivity index (χ0n) is 10.5. The second kappa shape index (κ2) is 5.49. The van der Waals surface area contributed by atoms with Crippen molar-refractivity contribution in [1.29, 1.82) is 0 Å². The maximum Gasteiger partial charge on any atom is 0.0208 e. The average Bonchev–Trinajstić information content (AvgIpc) is 2.17. The van der Waals surface area contributed by atoms with E-state index in [-0.39, 0.29) is 0 Å². The third-order valence-corrected chi connectivity index (χ3v) is 3.47. The van der Waals surface area contributed by atoms with Crippen molar-refractivity contribution in [3.8, 4) is 0 Å². The van der Waals surface area contributed by atoms with Crippen molar-refractivity contribution >= 4 is 0 Å². The van der Waals surface area contributed by atoms with Gasteiger partial charge in [-0.1, -0.05) is 44.5 Å². The summed E-state index contributed by atoms with van der Waals surface area (Å²) < 4.78 is 0. The van der Waals surface area contributed by atoms with Crippen LogP contribution in [0.4, 0.5) is 0 Å². The van der Waals surface area contributed by atoms with Gasteiger partial charge in [0.05, 0.1) is 0 Å². The predicted molar refractivity (Wildman–Crippen MR) is 69.6 cm³/mol. The zero-order valence-corrected chi connectivity index (χ0v) is 10.5. The van der Waals surface area contributed by atoms with Gasteiger partial charge in [-0.2, -0.15) is 0 Å². The fourth-order valence-corrected chi connectivity index (χ4v) is 2.31. The largest absolute Gasteiger partial charge is 0.312 e. The van der Waals surface area contributed by atoms with Crippen LogP contribution in [0.15, 0.2) is 24.3 Å². The molecule has 0 saturated heterocycles. The first-order valence-corrected chi connectivity index (χ1v) is 6.56. The molecule has 0 radical (unpaired) electrons. The standard InChI is InChI=1S/C15H23N/c1-12(2)10-16-11-14-6-3-4-9-15(14)13-7-5-8-13/h3-4,6,9,12-13,16H,5,7-8,10-11H2,1-2H3. The SMILES string of the molecule is CC(C)CNCc1ccccc1C1CCC1. The smallest absolute Gasteiger partial charge is 0.0208 e. The van der Waals surface area contributed by atoms with Crippen LogP contribution in [0.3, 0.4) is 0 Å². The summed E-state index contributed by atoms with van der Waals surface area (Å²) >= 11 is 0. The number of hydrogen-bond acceptors (Lipinski definition) is 1. The van der Waals surface area contributed by atoms with Crippen LogP contribution in [0.1, 0.15) is 50.2 Å². The van der Waals surface area contributed by atoms with Gasteiger partial charge < -0.3 is 5.32 Å². The molecule has 0 aromatic heterocycles. The summed E-state index contributed by atoms with van der Waals surface area (Å²) in [7, 11) is 0. The lowest BCUT2D eigenvalue weighted by molar-refractivity contribution is 0.415. The summed E-state index contributed by atoms with van der Waals surface area (Å²) in [5, 5.41) is 3.54. The Hall–Kier alpha value is -0.820. The van der Waals surface area contributed by atoms with Crippen LogP contribution in [0.5, 0.6) is 0 Å². The van der Waals surface area contributed by atoms with Crippen molar-refractivity contribution in [1.82, 2.24) is 5.32 Å². The Morgan fingerprint density at radius 2 is 2.00 bits per heavy atom. The summed E-state index contributed by atoms with van der Waals surface area (Å²) in [4.78, 5) is 0. The van der Waals surface area contributed by atoms with Crippen LogP contribution < -0.4 is 5.32 Å². The predicted octanol–water partition coefficient (Wildman–Crippen LogP) is 3.70. The minimum atomic E-state index is 0.732. The van der Waals surface area contributed by atoms with Crippen LogP contribution in [0.25, 0.3) is 0 Å². The molecule has 0 heterocycles. The Bertz CT molecular complexity index is 326. The van der Waals surface area contributed by atoms with E-state index in [4.69, 9.17) is 0 Å². The van der Waals surface area contributed by atoms with E-state index in [1.165, 1.54) is 24.8 Å². The van der Waals surface area contributed by atoms with Crippen LogP contribution in [-0.4, -0.2) is 6.54 Å². The highest BCUT2D eigenvalue weighted by Gasteiger charge is 2.21. The van der Waals surface area contributed by atoms with Gasteiger partial charge in [-0.15, -0.1) is 0 Å². The summed E-state index contributed by atoms with van der Waals surface area (Å²) in [6, 6.07) is 8.94. The number of nitrogens with one attached hydrogen (secondary N) is 1. The van der Waals surface area contributed by atoms with Crippen LogP contribution in [0.2, 0.25) is 0 Å². The lowest BCUT2D eigenvalue weighted by atomic mass is 9.78. The minimum absolute atomic E-state index is 0.732. The minimum Gasteiger partial charge on any atom is -0.312 e. The van der Waals surface area contributed by atoms with Crippen molar-refractivity contribution in [2.45, 2.75) is 45.6 Å². The molecule has 0 atom stereocenters. The zero-order chi connectivity index (χ0) is 11.4. The molecule has 0 amide bonds. The molecule has 1 aliphatic carbocycles.